The molecule has 0 rings (SSSR count). The molecule has 0 aromatic rings. The van der Waals surface area contributed by atoms with Crippen molar-refractivity contribution in [3.05, 3.63) is 122 Å². The first-order chi connectivity index (χ1) is 44.0. The number of phosphoric ester groups is 1. The zero-order chi connectivity index (χ0) is 65.5. The van der Waals surface area contributed by atoms with Crippen LogP contribution in [0.3, 0.4) is 0 Å². The van der Waals surface area contributed by atoms with Crippen molar-refractivity contribution in [1.29, 1.82) is 0 Å². The number of quaternary nitrogens is 1. The molecule has 9 heteroatoms. The van der Waals surface area contributed by atoms with E-state index in [1.54, 1.807) is 0 Å². The first-order valence-electron chi connectivity index (χ1n) is 37.9. The van der Waals surface area contributed by atoms with E-state index in [0.29, 0.717) is 23.9 Å². The molecular formula is C81H146N2O6P+. The maximum absolute atomic E-state index is 13.1. The number of nitrogens with zero attached hydrogens (tertiary/aromatic N) is 1. The molecule has 3 N–H and O–H groups in total. The first kappa shape index (κ1) is 86.9. The van der Waals surface area contributed by atoms with Crippen LogP contribution < -0.4 is 5.32 Å². The molecule has 0 saturated carbocycles. The number of allylic oxidation sites excluding steroid dienone is 20. The SMILES string of the molecule is CC/C=C\C/C=C\C/C=C\C/C=C\C/C=C\C/C=C\C/C=C\C/C=C\C/C=C\C/C=C\CCCCCCCCC(=O)NC(COP(=O)(O)OCC[N+](C)(C)C)C(O)CCCCCCCCCCCCCCCCCCCCCCCCCCCCCCCCC. The fourth-order valence-corrected chi connectivity index (χ4v) is 11.6. The van der Waals surface area contributed by atoms with E-state index in [2.05, 4.69) is 141 Å². The van der Waals surface area contributed by atoms with E-state index in [-0.39, 0.29) is 19.1 Å². The van der Waals surface area contributed by atoms with Gasteiger partial charge in [0.2, 0.25) is 5.91 Å². The smallest absolute Gasteiger partial charge is 0.391 e. The summed E-state index contributed by atoms with van der Waals surface area (Å²) in [5.74, 6) is -0.159. The highest BCUT2D eigenvalue weighted by Crippen LogP contribution is 2.43. The molecule has 0 aromatic heterocycles. The van der Waals surface area contributed by atoms with Gasteiger partial charge in [-0.15, -0.1) is 0 Å². The number of hydrogen-bond donors (Lipinski definition) is 3. The van der Waals surface area contributed by atoms with E-state index < -0.39 is 20.0 Å². The van der Waals surface area contributed by atoms with Gasteiger partial charge < -0.3 is 19.8 Å². The molecule has 0 saturated heterocycles. The molecule has 0 bridgehead atoms. The Bertz CT molecular complexity index is 1890. The van der Waals surface area contributed by atoms with Crippen molar-refractivity contribution in [3.8, 4) is 0 Å². The third kappa shape index (κ3) is 72.3. The van der Waals surface area contributed by atoms with Gasteiger partial charge in [-0.25, -0.2) is 4.57 Å². The maximum atomic E-state index is 13.1. The fourth-order valence-electron chi connectivity index (χ4n) is 10.9. The number of nitrogens with one attached hydrogen (secondary N) is 1. The Labute approximate surface area is 558 Å². The first-order valence-corrected chi connectivity index (χ1v) is 39.4. The van der Waals surface area contributed by atoms with Gasteiger partial charge in [0.05, 0.1) is 39.9 Å². The van der Waals surface area contributed by atoms with Gasteiger partial charge in [-0.05, 0) is 89.9 Å². The molecule has 520 valence electrons. The molecule has 0 radical (unpaired) electrons. The molecule has 3 unspecified atom stereocenters. The van der Waals surface area contributed by atoms with Crippen LogP contribution >= 0.6 is 7.82 Å². The zero-order valence-corrected chi connectivity index (χ0v) is 60.5. The lowest BCUT2D eigenvalue weighted by Gasteiger charge is -2.26. The third-order valence-corrected chi connectivity index (χ3v) is 17.7. The number of hydrogen-bond acceptors (Lipinski definition) is 5. The number of phosphoric acid groups is 1. The molecule has 0 aliphatic carbocycles. The predicted octanol–water partition coefficient (Wildman–Crippen LogP) is 24.8. The summed E-state index contributed by atoms with van der Waals surface area (Å²) in [6.45, 7) is 4.79. The van der Waals surface area contributed by atoms with Gasteiger partial charge in [-0.3, -0.25) is 13.8 Å². The van der Waals surface area contributed by atoms with E-state index in [1.165, 1.54) is 193 Å². The molecule has 8 nitrogen and oxygen atoms in total. The van der Waals surface area contributed by atoms with Crippen LogP contribution in [0.2, 0.25) is 0 Å². The fraction of sp³-hybridized carbons (Fsp3) is 0.741. The second kappa shape index (κ2) is 70.2. The molecule has 0 aliphatic heterocycles. The summed E-state index contributed by atoms with van der Waals surface area (Å²) in [6.07, 6.45) is 105. The van der Waals surface area contributed by atoms with Crippen LogP contribution in [-0.4, -0.2) is 73.4 Å². The lowest BCUT2D eigenvalue weighted by Crippen LogP contribution is -2.46. The highest BCUT2D eigenvalue weighted by atomic mass is 31.2. The van der Waals surface area contributed by atoms with Gasteiger partial charge in [0, 0.05) is 6.42 Å². The summed E-state index contributed by atoms with van der Waals surface area (Å²) in [5, 5.41) is 14.2. The van der Waals surface area contributed by atoms with Crippen molar-refractivity contribution in [3.63, 3.8) is 0 Å². The number of aliphatic hydroxyl groups excluding tert-OH is 1. The molecule has 90 heavy (non-hydrogen) atoms. The van der Waals surface area contributed by atoms with Crippen LogP contribution in [0.15, 0.2) is 122 Å². The molecule has 0 heterocycles. The topological polar surface area (TPSA) is 105 Å². The number of rotatable bonds is 69. The second-order valence-corrected chi connectivity index (χ2v) is 28.1. The summed E-state index contributed by atoms with van der Waals surface area (Å²) in [4.78, 5) is 23.5. The number of aliphatic hydroxyl groups is 1. The van der Waals surface area contributed by atoms with E-state index in [9.17, 15) is 19.4 Å². The predicted molar refractivity (Wildman–Crippen MR) is 396 cm³/mol. The highest BCUT2D eigenvalue weighted by molar-refractivity contribution is 7.47. The largest absolute Gasteiger partial charge is 0.472 e. The molecule has 3 atom stereocenters. The Hall–Kier alpha value is -3.10. The average molecular weight is 1280 g/mol. The van der Waals surface area contributed by atoms with Crippen molar-refractivity contribution in [1.82, 2.24) is 5.32 Å². The minimum absolute atomic E-state index is 0.0661. The van der Waals surface area contributed by atoms with Gasteiger partial charge in [0.1, 0.15) is 13.2 Å². The standard InChI is InChI=1S/C81H145N2O6P/c1-6-8-10-12-14-16-18-20-22-24-26-28-30-32-34-36-38-39-40-41-42-43-45-47-49-51-53-55-57-59-61-63-65-67-69-71-73-75-81(85)82-79(78-89-90(86,87)88-77-76-83(3,4)5)80(84)74-72-70-68-66-64-62-60-58-56-54-52-50-48-46-44-37-35-33-31-29-27-25-23-21-19-17-15-13-11-9-7-2/h8,10,14,16,20,22,26,28,32,34,38-39,41-42,45,47,51,53,57,59,79-80,84H,6-7,9,11-13,15,17-19,21,23-25,27,29-31,33,35-37,40,43-44,46,48-50,52,54-56,58,60-78H2,1-5H3,(H-,82,85,86,87)/p+1/b10-8-,16-14-,22-20-,28-26-,34-32-,39-38-,42-41-,47-45-,53-51-,59-57-. The van der Waals surface area contributed by atoms with Gasteiger partial charge in [0.25, 0.3) is 0 Å². The molecule has 0 aliphatic rings. The molecular weight excluding hydrogens is 1130 g/mol. The van der Waals surface area contributed by atoms with Crippen LogP contribution in [0.25, 0.3) is 0 Å². The Kier molecular flexibility index (Phi) is 67.8. The van der Waals surface area contributed by atoms with Crippen molar-refractivity contribution in [2.45, 2.75) is 347 Å². The second-order valence-electron chi connectivity index (χ2n) is 26.7. The Morgan fingerprint density at radius 3 is 0.978 bits per heavy atom. The van der Waals surface area contributed by atoms with Crippen molar-refractivity contribution in [2.75, 3.05) is 40.9 Å². The van der Waals surface area contributed by atoms with Gasteiger partial charge in [0.15, 0.2) is 0 Å². The lowest BCUT2D eigenvalue weighted by molar-refractivity contribution is -0.870. The summed E-state index contributed by atoms with van der Waals surface area (Å²) in [6, 6.07) is -0.780. The van der Waals surface area contributed by atoms with E-state index in [0.717, 1.165) is 116 Å². The molecule has 0 spiro atoms. The van der Waals surface area contributed by atoms with E-state index in [4.69, 9.17) is 9.05 Å². The lowest BCUT2D eigenvalue weighted by atomic mass is 10.0. The summed E-state index contributed by atoms with van der Waals surface area (Å²) in [5.41, 5.74) is 0. The van der Waals surface area contributed by atoms with Gasteiger partial charge >= 0.3 is 7.82 Å². The van der Waals surface area contributed by atoms with Gasteiger partial charge in [-0.2, -0.15) is 0 Å². The normalized spacial score (nSPS) is 14.3. The Morgan fingerprint density at radius 2 is 0.667 bits per heavy atom. The van der Waals surface area contributed by atoms with Crippen LogP contribution in [0, 0.1) is 0 Å². The average Bonchev–Trinajstić information content (AvgIpc) is 3.18. The van der Waals surface area contributed by atoms with Crippen LogP contribution in [0.5, 0.6) is 0 Å². The molecule has 0 aromatic carbocycles. The van der Waals surface area contributed by atoms with E-state index >= 15 is 0 Å². The number of carbonyl (C=O) groups excluding carboxylic acids is 1. The minimum atomic E-state index is -4.35. The summed E-state index contributed by atoms with van der Waals surface area (Å²) in [7, 11) is 1.60. The summed E-state index contributed by atoms with van der Waals surface area (Å²) >= 11 is 0. The highest BCUT2D eigenvalue weighted by Gasteiger charge is 2.28. The quantitative estimate of drug-likeness (QED) is 0.0243. The number of unbranched alkanes of at least 4 members (excludes halogenated alkanes) is 36. The maximum Gasteiger partial charge on any atom is 0.472 e. The number of amides is 1. The molecule has 1 amide bonds. The number of likely N-dealkylation sites (N-methyl/N-ethyl adjacent to an activating group) is 1. The van der Waals surface area contributed by atoms with Crippen LogP contribution in [-0.2, 0) is 18.4 Å². The monoisotopic (exact) mass is 1270 g/mol. The minimum Gasteiger partial charge on any atom is -0.391 e. The zero-order valence-electron chi connectivity index (χ0n) is 59.6. The summed E-state index contributed by atoms with van der Waals surface area (Å²) < 4.78 is 23.9. The number of carbonyl (C=O) groups is 1. The van der Waals surface area contributed by atoms with E-state index in [1.807, 2.05) is 21.1 Å². The van der Waals surface area contributed by atoms with Crippen LogP contribution in [0.1, 0.15) is 335 Å². The van der Waals surface area contributed by atoms with Crippen LogP contribution in [0.4, 0.5) is 0 Å². The van der Waals surface area contributed by atoms with Crippen molar-refractivity contribution in [2.24, 2.45) is 0 Å². The van der Waals surface area contributed by atoms with Crippen molar-refractivity contribution < 1.29 is 32.9 Å². The Morgan fingerprint density at radius 1 is 0.389 bits per heavy atom. The third-order valence-electron chi connectivity index (χ3n) is 16.7. The Balaban J connectivity index is 4.09. The molecule has 0 fully saturated rings. The van der Waals surface area contributed by atoms with Crippen molar-refractivity contribution >= 4 is 13.7 Å². The van der Waals surface area contributed by atoms with Gasteiger partial charge in [-0.1, -0.05) is 360 Å².